The molecule has 0 unspecified atom stereocenters. The summed E-state index contributed by atoms with van der Waals surface area (Å²) < 4.78 is 11.3. The van der Waals surface area contributed by atoms with Gasteiger partial charge in [-0.25, -0.2) is 0 Å². The maximum Gasteiger partial charge on any atom is 0.128 e. The zero-order valence-corrected chi connectivity index (χ0v) is 14.9. The normalized spacial score (nSPS) is 10.7. The van der Waals surface area contributed by atoms with Crippen molar-refractivity contribution in [1.29, 1.82) is 0 Å². The van der Waals surface area contributed by atoms with E-state index in [9.17, 15) is 0 Å². The summed E-state index contributed by atoms with van der Waals surface area (Å²) in [6.07, 6.45) is 0. The molecule has 4 rings (SSSR count). The highest BCUT2D eigenvalue weighted by molar-refractivity contribution is 5.85. The maximum absolute atomic E-state index is 6.03. The first-order valence-corrected chi connectivity index (χ1v) is 8.64. The van der Waals surface area contributed by atoms with Crippen LogP contribution < -0.4 is 9.47 Å². The topological polar surface area (TPSA) is 18.5 Å². The molecule has 0 bridgehead atoms. The van der Waals surface area contributed by atoms with Crippen molar-refractivity contribution in [2.45, 2.75) is 6.92 Å². The number of aryl methyl sites for hydroxylation is 1. The molecule has 0 saturated heterocycles. The minimum Gasteiger partial charge on any atom is -0.497 e. The molecule has 0 heterocycles. The SMILES string of the molecule is COc1ccc2ccc(Oc3ccc(-c4ccc(C)cc4)cc3)cc2c1. The molecule has 0 fully saturated rings. The van der Waals surface area contributed by atoms with Crippen molar-refractivity contribution < 1.29 is 9.47 Å². The quantitative estimate of drug-likeness (QED) is 0.416. The molecule has 0 amide bonds. The van der Waals surface area contributed by atoms with E-state index in [0.717, 1.165) is 28.0 Å². The first kappa shape index (κ1) is 16.2. The summed E-state index contributed by atoms with van der Waals surface area (Å²) in [7, 11) is 1.68. The van der Waals surface area contributed by atoms with Crippen molar-refractivity contribution in [2.24, 2.45) is 0 Å². The number of fused-ring (bicyclic) bond motifs is 1. The lowest BCUT2D eigenvalue weighted by Gasteiger charge is -2.09. The van der Waals surface area contributed by atoms with Crippen LogP contribution in [0.5, 0.6) is 17.2 Å². The Bertz CT molecular complexity index is 1030. The van der Waals surface area contributed by atoms with Gasteiger partial charge in [-0.1, -0.05) is 54.1 Å². The summed E-state index contributed by atoms with van der Waals surface area (Å²) in [6, 6.07) is 28.8. The van der Waals surface area contributed by atoms with Crippen molar-refractivity contribution in [1.82, 2.24) is 0 Å². The van der Waals surface area contributed by atoms with E-state index in [-0.39, 0.29) is 0 Å². The van der Waals surface area contributed by atoms with Gasteiger partial charge >= 0.3 is 0 Å². The van der Waals surface area contributed by atoms with Crippen molar-refractivity contribution in [3.05, 3.63) is 90.5 Å². The number of rotatable bonds is 4. The fourth-order valence-corrected chi connectivity index (χ4v) is 2.99. The van der Waals surface area contributed by atoms with Gasteiger partial charge in [-0.3, -0.25) is 0 Å². The molecule has 2 heteroatoms. The Kier molecular flexibility index (Phi) is 4.32. The minimum atomic E-state index is 0.814. The van der Waals surface area contributed by atoms with E-state index in [1.54, 1.807) is 7.11 Å². The van der Waals surface area contributed by atoms with E-state index < -0.39 is 0 Å². The highest BCUT2D eigenvalue weighted by atomic mass is 16.5. The summed E-state index contributed by atoms with van der Waals surface area (Å²) in [4.78, 5) is 0. The van der Waals surface area contributed by atoms with Crippen molar-refractivity contribution in [2.75, 3.05) is 7.11 Å². The van der Waals surface area contributed by atoms with E-state index in [0.29, 0.717) is 0 Å². The Morgan fingerprint density at radius 2 is 1.08 bits per heavy atom. The number of benzene rings is 4. The lowest BCUT2D eigenvalue weighted by Crippen LogP contribution is -1.86. The molecule has 2 nitrogen and oxygen atoms in total. The van der Waals surface area contributed by atoms with E-state index >= 15 is 0 Å². The van der Waals surface area contributed by atoms with Gasteiger partial charge in [0.1, 0.15) is 17.2 Å². The third-order valence-electron chi connectivity index (χ3n) is 4.49. The lowest BCUT2D eigenvalue weighted by atomic mass is 10.0. The minimum absolute atomic E-state index is 0.814. The van der Waals surface area contributed by atoms with E-state index in [1.165, 1.54) is 16.7 Å². The van der Waals surface area contributed by atoms with Gasteiger partial charge in [0.25, 0.3) is 0 Å². The molecule has 0 aliphatic heterocycles. The van der Waals surface area contributed by atoms with Crippen LogP contribution in [0.15, 0.2) is 84.9 Å². The fraction of sp³-hybridized carbons (Fsp3) is 0.0833. The predicted octanol–water partition coefficient (Wildman–Crippen LogP) is 6.62. The molecule has 0 N–H and O–H groups in total. The molecule has 0 aromatic heterocycles. The van der Waals surface area contributed by atoms with Crippen LogP contribution in [-0.2, 0) is 0 Å². The first-order chi connectivity index (χ1) is 12.7. The first-order valence-electron chi connectivity index (χ1n) is 8.64. The van der Waals surface area contributed by atoms with Gasteiger partial charge in [0.2, 0.25) is 0 Å². The Morgan fingerprint density at radius 1 is 0.538 bits per heavy atom. The fourth-order valence-electron chi connectivity index (χ4n) is 2.99. The summed E-state index contributed by atoms with van der Waals surface area (Å²) in [5.41, 5.74) is 3.65. The standard InChI is InChI=1S/C24H20O2/c1-17-3-5-18(6-4-17)19-7-11-22(12-8-19)26-24-14-10-20-9-13-23(25-2)15-21(20)16-24/h3-16H,1-2H3. The van der Waals surface area contributed by atoms with Crippen LogP contribution in [-0.4, -0.2) is 7.11 Å². The molecule has 0 atom stereocenters. The zero-order valence-electron chi connectivity index (χ0n) is 14.9. The largest absolute Gasteiger partial charge is 0.497 e. The third-order valence-corrected chi connectivity index (χ3v) is 4.49. The second-order valence-corrected chi connectivity index (χ2v) is 6.37. The lowest BCUT2D eigenvalue weighted by molar-refractivity contribution is 0.415. The van der Waals surface area contributed by atoms with Crippen LogP contribution in [0, 0.1) is 6.92 Å². The highest BCUT2D eigenvalue weighted by Gasteiger charge is 2.03. The third kappa shape index (κ3) is 3.40. The Labute approximate surface area is 153 Å². The van der Waals surface area contributed by atoms with E-state index in [1.807, 2.05) is 42.5 Å². The summed E-state index contributed by atoms with van der Waals surface area (Å²) in [5.74, 6) is 2.48. The molecule has 0 radical (unpaired) electrons. The van der Waals surface area contributed by atoms with Crippen LogP contribution in [0.1, 0.15) is 5.56 Å². The van der Waals surface area contributed by atoms with Crippen LogP contribution >= 0.6 is 0 Å². The van der Waals surface area contributed by atoms with E-state index in [2.05, 4.69) is 49.4 Å². The molecule has 0 aliphatic carbocycles. The summed E-state index contributed by atoms with van der Waals surface area (Å²) in [5, 5.41) is 2.26. The molecule has 0 saturated carbocycles. The maximum atomic E-state index is 6.03. The summed E-state index contributed by atoms with van der Waals surface area (Å²) in [6.45, 7) is 2.10. The second kappa shape index (κ2) is 6.93. The van der Waals surface area contributed by atoms with Gasteiger partial charge in [-0.05, 0) is 65.2 Å². The van der Waals surface area contributed by atoms with Crippen LogP contribution in [0.4, 0.5) is 0 Å². The average Bonchev–Trinajstić information content (AvgIpc) is 2.69. The van der Waals surface area contributed by atoms with Gasteiger partial charge in [0.15, 0.2) is 0 Å². The number of methoxy groups -OCH3 is 1. The van der Waals surface area contributed by atoms with Crippen molar-refractivity contribution in [3.63, 3.8) is 0 Å². The Morgan fingerprint density at radius 3 is 1.73 bits per heavy atom. The molecule has 128 valence electrons. The molecular weight excluding hydrogens is 320 g/mol. The highest BCUT2D eigenvalue weighted by Crippen LogP contribution is 2.29. The second-order valence-electron chi connectivity index (χ2n) is 6.37. The smallest absolute Gasteiger partial charge is 0.128 e. The Hall–Kier alpha value is -3.26. The van der Waals surface area contributed by atoms with Crippen molar-refractivity contribution >= 4 is 10.8 Å². The summed E-state index contributed by atoms with van der Waals surface area (Å²) >= 11 is 0. The Balaban J connectivity index is 1.57. The number of hydrogen-bond acceptors (Lipinski definition) is 2. The zero-order chi connectivity index (χ0) is 17.9. The monoisotopic (exact) mass is 340 g/mol. The predicted molar refractivity (Wildman–Crippen MR) is 107 cm³/mol. The van der Waals surface area contributed by atoms with Gasteiger partial charge in [-0.15, -0.1) is 0 Å². The van der Waals surface area contributed by atoms with Crippen molar-refractivity contribution in [3.8, 4) is 28.4 Å². The van der Waals surface area contributed by atoms with Crippen LogP contribution in [0.2, 0.25) is 0 Å². The van der Waals surface area contributed by atoms with Gasteiger partial charge in [-0.2, -0.15) is 0 Å². The molecule has 0 aliphatic rings. The molecular formula is C24H20O2. The average molecular weight is 340 g/mol. The number of hydrogen-bond donors (Lipinski definition) is 0. The number of ether oxygens (including phenoxy) is 2. The molecule has 4 aromatic rings. The molecule has 4 aromatic carbocycles. The van der Waals surface area contributed by atoms with Gasteiger partial charge in [0.05, 0.1) is 7.11 Å². The van der Waals surface area contributed by atoms with Crippen LogP contribution in [0.3, 0.4) is 0 Å². The van der Waals surface area contributed by atoms with Gasteiger partial charge in [0, 0.05) is 0 Å². The molecule has 0 spiro atoms. The molecule has 26 heavy (non-hydrogen) atoms. The van der Waals surface area contributed by atoms with E-state index in [4.69, 9.17) is 9.47 Å². The van der Waals surface area contributed by atoms with Gasteiger partial charge < -0.3 is 9.47 Å². The van der Waals surface area contributed by atoms with Crippen LogP contribution in [0.25, 0.3) is 21.9 Å².